The van der Waals surface area contributed by atoms with E-state index in [1.807, 2.05) is 0 Å². The Kier molecular flexibility index (Phi) is 27.7. The van der Waals surface area contributed by atoms with Crippen LogP contribution in [0.4, 0.5) is 11.4 Å². The van der Waals surface area contributed by atoms with Crippen molar-refractivity contribution in [3.63, 3.8) is 0 Å². The van der Waals surface area contributed by atoms with Crippen LogP contribution < -0.4 is 13.9 Å². The summed E-state index contributed by atoms with van der Waals surface area (Å²) >= 11 is 0. The molecule has 0 N–H and O–H groups in total. The van der Waals surface area contributed by atoms with E-state index in [0.29, 0.717) is 11.6 Å². The molecule has 12 saturated carbocycles. The van der Waals surface area contributed by atoms with Gasteiger partial charge >= 0.3 is 0 Å². The van der Waals surface area contributed by atoms with Crippen LogP contribution in [0.3, 0.4) is 0 Å². The van der Waals surface area contributed by atoms with Crippen LogP contribution in [0.15, 0.2) is 42.5 Å². The molecule has 0 radical (unpaired) electrons. The van der Waals surface area contributed by atoms with Gasteiger partial charge in [0.1, 0.15) is 22.2 Å². The molecule has 2 aromatic carbocycles. The van der Waals surface area contributed by atoms with Crippen molar-refractivity contribution in [3.05, 3.63) is 53.6 Å². The average molecular weight is 1570 g/mol. The summed E-state index contributed by atoms with van der Waals surface area (Å²) in [6.07, 6.45) is 45.9. The molecule has 0 aliphatic heterocycles. The molecule has 22 atom stereocenters. The van der Waals surface area contributed by atoms with Crippen molar-refractivity contribution in [3.8, 4) is 5.75 Å². The minimum atomic E-state index is -1.68. The van der Waals surface area contributed by atoms with Crippen molar-refractivity contribution in [2.75, 3.05) is 16.2 Å². The minimum absolute atomic E-state index is 0.143. The summed E-state index contributed by atoms with van der Waals surface area (Å²) in [6.45, 7) is 73.1. The third-order valence-corrected chi connectivity index (χ3v) is 53.7. The Morgan fingerprint density at radius 3 is 0.982 bits per heavy atom. The number of aryl methyl sites for hydroxylation is 2. The summed E-state index contributed by atoms with van der Waals surface area (Å²) in [5.74, 6) is 19.6. The van der Waals surface area contributed by atoms with E-state index in [9.17, 15) is 0 Å². The van der Waals surface area contributed by atoms with Gasteiger partial charge in [-0.15, -0.1) is 0 Å². The second-order valence-corrected chi connectivity index (χ2v) is 66.4. The van der Waals surface area contributed by atoms with E-state index in [1.165, 1.54) is 139 Å². The lowest BCUT2D eigenvalue weighted by molar-refractivity contribution is 0.0855. The third-order valence-electron chi connectivity index (χ3n) is 34.4. The minimum Gasteiger partial charge on any atom is -0.497 e. The first-order valence-corrected chi connectivity index (χ1v) is 59.7. The van der Waals surface area contributed by atoms with Crippen molar-refractivity contribution >= 4 is 44.3 Å². The lowest BCUT2D eigenvalue weighted by Crippen LogP contribution is -2.67. The molecule has 12 aliphatic carbocycles. The van der Waals surface area contributed by atoms with Crippen LogP contribution in [0.1, 0.15) is 335 Å². The fourth-order valence-electron chi connectivity index (χ4n) is 33.3. The van der Waals surface area contributed by atoms with E-state index in [2.05, 4.69) is 259 Å². The van der Waals surface area contributed by atoms with Gasteiger partial charge in [-0.3, -0.25) is 0 Å². The van der Waals surface area contributed by atoms with Crippen molar-refractivity contribution < 1.29 is 4.74 Å². The van der Waals surface area contributed by atoms with Gasteiger partial charge < -0.3 is 23.0 Å². The van der Waals surface area contributed by atoms with Gasteiger partial charge in [0, 0.05) is 39.1 Å². The highest BCUT2D eigenvalue weighted by Gasteiger charge is 2.61. The first-order chi connectivity index (χ1) is 50.7. The number of methoxy groups -OCH3 is 1. The van der Waals surface area contributed by atoms with Gasteiger partial charge in [-0.05, 0) is 352 Å². The largest absolute Gasteiger partial charge is 0.497 e. The van der Waals surface area contributed by atoms with Crippen LogP contribution in [0, 0.1) is 120 Å². The molecule has 12 aliphatic rings. The molecule has 5 nitrogen and oxygen atoms in total. The zero-order chi connectivity index (χ0) is 79.8. The Morgan fingerprint density at radius 2 is 0.661 bits per heavy atom. The normalized spacial score (nSPS) is 35.7. The topological polar surface area (TPSA) is 22.2 Å². The van der Waals surface area contributed by atoms with Crippen molar-refractivity contribution in [2.24, 2.45) is 107 Å². The first-order valence-electron chi connectivity index (χ1n) is 47.6. The molecule has 14 rings (SSSR count). The molecule has 12 fully saturated rings. The smallest absolute Gasteiger partial charge is 0.154 e. The van der Waals surface area contributed by atoms with Crippen LogP contribution in [0.5, 0.6) is 5.75 Å². The molecule has 9 heteroatoms. The number of nitrogens with zero attached hydrogens (tertiary/aromatic N) is 4. The average Bonchev–Trinajstić information content (AvgIpc) is 1.68. The van der Waals surface area contributed by atoms with E-state index in [0.717, 1.165) is 134 Å². The molecule has 0 aromatic heterocycles. The van der Waals surface area contributed by atoms with Crippen LogP contribution >= 0.6 is 0 Å². The highest BCUT2D eigenvalue weighted by atomic mass is 28.3. The molecule has 2 aromatic rings. The third kappa shape index (κ3) is 18.9. The zero-order valence-electron chi connectivity index (χ0n) is 77.7. The predicted molar refractivity (Wildman–Crippen MR) is 489 cm³/mol. The quantitative estimate of drug-likeness (QED) is 0.197. The molecule has 622 valence electrons. The van der Waals surface area contributed by atoms with Crippen LogP contribution in [-0.4, -0.2) is 82.9 Å². The van der Waals surface area contributed by atoms with E-state index in [4.69, 9.17) is 4.74 Å². The lowest BCUT2D eigenvalue weighted by atomic mass is 9.64. The Labute approximate surface area is 682 Å². The number of anilines is 2. The number of rotatable bonds is 12. The number of para-hydroxylation sites is 1. The van der Waals surface area contributed by atoms with Gasteiger partial charge in [-0.2, -0.15) is 0 Å². The Hall–Kier alpha value is -1.37. The monoisotopic (exact) mass is 1570 g/mol. The van der Waals surface area contributed by atoms with E-state index in [-0.39, 0.29) is 22.2 Å². The number of hydrogen-bond donors (Lipinski definition) is 0. The first kappa shape index (κ1) is 88.4. The van der Waals surface area contributed by atoms with Crippen molar-refractivity contribution in [1.29, 1.82) is 0 Å². The fourth-order valence-corrected chi connectivity index (χ4v) is 56.9. The highest BCUT2D eigenvalue weighted by molar-refractivity contribution is 6.83. The summed E-state index contributed by atoms with van der Waals surface area (Å²) < 4.78 is 17.2. The van der Waals surface area contributed by atoms with Gasteiger partial charge in [-0.25, -0.2) is 0 Å². The van der Waals surface area contributed by atoms with E-state index < -0.39 is 32.9 Å². The molecule has 0 heterocycles. The number of fused-ring (bicyclic) bond motifs is 8. The summed E-state index contributed by atoms with van der Waals surface area (Å²) in [4.78, 5) is 0. The Balaban J connectivity index is 0.000000145. The molecular formula is C100H180N4OSi4. The molecule has 0 saturated heterocycles. The predicted octanol–water partition coefficient (Wildman–Crippen LogP) is 29.9. The summed E-state index contributed by atoms with van der Waals surface area (Å²) in [5.41, 5.74) is 10.9. The molecule has 0 amide bonds. The van der Waals surface area contributed by atoms with Crippen LogP contribution in [0.2, 0.25) is 74.5 Å². The van der Waals surface area contributed by atoms with Gasteiger partial charge in [0.05, 0.1) is 7.11 Å². The second kappa shape index (κ2) is 34.2. The molecule has 0 bridgehead atoms. The van der Waals surface area contributed by atoms with Gasteiger partial charge in [0.15, 0.2) is 16.5 Å². The molecular weight excluding hydrogens is 1390 g/mol. The van der Waals surface area contributed by atoms with Gasteiger partial charge in [0.25, 0.3) is 0 Å². The van der Waals surface area contributed by atoms with Crippen molar-refractivity contribution in [2.45, 2.75) is 446 Å². The second-order valence-electron chi connectivity index (χ2n) is 48.5. The van der Waals surface area contributed by atoms with Crippen molar-refractivity contribution in [1.82, 2.24) is 9.13 Å². The maximum Gasteiger partial charge on any atom is 0.154 e. The molecule has 22 unspecified atom stereocenters. The van der Waals surface area contributed by atoms with E-state index >= 15 is 0 Å². The highest BCUT2D eigenvalue weighted by Crippen LogP contribution is 2.66. The summed E-state index contributed by atoms with van der Waals surface area (Å²) in [7, 11) is -4.64. The standard InChI is InChI=1S/C27H45NSi.C26H43NOSi.C24H47NSi.C23H45NSi/c1-19-11-10-12-20(2)26(19)28(27(3,4)5)29(6,7)25-16-15-23-17-21-13-8-9-14-22(21)18-24(23)25;1-26(2,3)27(22-12-14-23(28-4)15-13-22)29(5,6)25-16-11-21-17-19-9-7-8-10-20(19)18-24(21)25;1-17-14-20-15-18-12-10-11-13-19(18)16-21(20)22(17)26(8,9)25(23(2,3)4)24(5,6)7;1-16(2)24(23(4,5)6)25(7,8)22-17(3)13-20-14-18-11-9-10-12-19(18)15-21(20)22/h10-12,21-25H,8-9,13-18H2,1-7H3;12-15,19-21,24-25H,7-11,16-18H2,1-6H3;17-22H,10-16H2,1-9H3;16-22H,9-15H2,1-8H3. The van der Waals surface area contributed by atoms with E-state index in [1.54, 1.807) is 83.4 Å². The number of benzene rings is 2. The Bertz CT molecular complexity index is 3190. The number of hydrogen-bond acceptors (Lipinski definition) is 5. The lowest BCUT2D eigenvalue weighted by Gasteiger charge is -2.58. The zero-order valence-corrected chi connectivity index (χ0v) is 81.7. The maximum atomic E-state index is 5.43. The molecule has 0 spiro atoms. The molecule has 109 heavy (non-hydrogen) atoms. The number of ether oxygens (including phenoxy) is 1. The Morgan fingerprint density at radius 1 is 0.339 bits per heavy atom. The summed E-state index contributed by atoms with van der Waals surface area (Å²) in [5, 5.41) is 0. The van der Waals surface area contributed by atoms with Gasteiger partial charge in [-0.1, -0.05) is 227 Å². The van der Waals surface area contributed by atoms with Crippen LogP contribution in [-0.2, 0) is 0 Å². The summed E-state index contributed by atoms with van der Waals surface area (Å²) in [6, 6.07) is 16.4. The SMILES string of the molecule is CC1CC2CC3CCCCC3CC2C1[Si](C)(C)N(C(C)(C)C)C(C)(C)C.CC1CC2CC3CCCCC3CC2C1[Si](C)(C)N(C(C)C)C(C)(C)C.COc1ccc(N(C(C)(C)C)[Si](C)(C)C2CCC3CC4CCCCC4CC32)cc1.Cc1cccc(C)c1N(C(C)(C)C)[Si](C)(C)C1CCC2CC3CCCCC3CC21. The fraction of sp³-hybridized carbons (Fsp3) is 0.880. The van der Waals surface area contributed by atoms with Gasteiger partial charge in [0.2, 0.25) is 0 Å². The maximum absolute atomic E-state index is 5.43. The van der Waals surface area contributed by atoms with Crippen LogP contribution in [0.25, 0.3) is 0 Å².